The summed E-state index contributed by atoms with van der Waals surface area (Å²) in [6.45, 7) is 6.51. The molecule has 0 unspecified atom stereocenters. The SMILES string of the molecule is CCCN1CCC(NC(=NC)NCc2cnn(-c3ccccc3)c2)CC1. The van der Waals surface area contributed by atoms with Crippen molar-refractivity contribution in [2.24, 2.45) is 4.99 Å². The van der Waals surface area contributed by atoms with Gasteiger partial charge in [0.05, 0.1) is 11.9 Å². The summed E-state index contributed by atoms with van der Waals surface area (Å²) in [6, 6.07) is 10.7. The molecule has 140 valence electrons. The van der Waals surface area contributed by atoms with Gasteiger partial charge in [0.15, 0.2) is 5.96 Å². The lowest BCUT2D eigenvalue weighted by Crippen LogP contribution is -2.48. The fraction of sp³-hybridized carbons (Fsp3) is 0.500. The summed E-state index contributed by atoms with van der Waals surface area (Å²) in [5.74, 6) is 0.867. The van der Waals surface area contributed by atoms with E-state index in [1.165, 1.54) is 38.9 Å². The number of benzene rings is 1. The van der Waals surface area contributed by atoms with Crippen LogP contribution in [0.3, 0.4) is 0 Å². The molecular formula is C20H30N6. The van der Waals surface area contributed by atoms with E-state index in [0.29, 0.717) is 12.6 Å². The summed E-state index contributed by atoms with van der Waals surface area (Å²) < 4.78 is 1.90. The third-order valence-corrected chi connectivity index (χ3v) is 4.81. The molecule has 0 saturated carbocycles. The Bertz CT molecular complexity index is 685. The number of nitrogens with zero attached hydrogens (tertiary/aromatic N) is 4. The smallest absolute Gasteiger partial charge is 0.191 e. The molecule has 0 aliphatic carbocycles. The number of aromatic nitrogens is 2. The van der Waals surface area contributed by atoms with Gasteiger partial charge in [-0.1, -0.05) is 25.1 Å². The Kier molecular flexibility index (Phi) is 6.66. The van der Waals surface area contributed by atoms with Gasteiger partial charge in [-0.15, -0.1) is 0 Å². The number of guanidine groups is 1. The predicted molar refractivity (Wildman–Crippen MR) is 107 cm³/mol. The summed E-state index contributed by atoms with van der Waals surface area (Å²) in [5, 5.41) is 11.4. The molecule has 2 aromatic rings. The molecule has 1 saturated heterocycles. The number of hydrogen-bond acceptors (Lipinski definition) is 3. The minimum Gasteiger partial charge on any atom is -0.354 e. The van der Waals surface area contributed by atoms with Gasteiger partial charge in [0.1, 0.15) is 0 Å². The van der Waals surface area contributed by atoms with Crippen LogP contribution >= 0.6 is 0 Å². The molecule has 1 aromatic heterocycles. The largest absolute Gasteiger partial charge is 0.354 e. The lowest BCUT2D eigenvalue weighted by atomic mass is 10.1. The zero-order valence-electron chi connectivity index (χ0n) is 15.9. The number of para-hydroxylation sites is 1. The third-order valence-electron chi connectivity index (χ3n) is 4.81. The number of piperidine rings is 1. The first-order chi connectivity index (χ1) is 12.8. The number of hydrogen-bond donors (Lipinski definition) is 2. The summed E-state index contributed by atoms with van der Waals surface area (Å²) in [5.41, 5.74) is 2.20. The molecule has 0 radical (unpaired) electrons. The molecule has 1 aliphatic heterocycles. The molecule has 6 heteroatoms. The van der Waals surface area contributed by atoms with E-state index in [1.807, 2.05) is 36.1 Å². The molecule has 1 fully saturated rings. The average molecular weight is 355 g/mol. The van der Waals surface area contributed by atoms with E-state index in [4.69, 9.17) is 0 Å². The molecular weight excluding hydrogens is 324 g/mol. The van der Waals surface area contributed by atoms with Crippen molar-refractivity contribution >= 4 is 5.96 Å². The van der Waals surface area contributed by atoms with Gasteiger partial charge in [0.25, 0.3) is 0 Å². The quantitative estimate of drug-likeness (QED) is 0.618. The highest BCUT2D eigenvalue weighted by molar-refractivity contribution is 5.79. The van der Waals surface area contributed by atoms with Gasteiger partial charge in [-0.25, -0.2) is 4.68 Å². The summed E-state index contributed by atoms with van der Waals surface area (Å²) in [6.07, 6.45) is 7.53. The van der Waals surface area contributed by atoms with Gasteiger partial charge in [0.2, 0.25) is 0 Å². The van der Waals surface area contributed by atoms with Crippen LogP contribution in [0.4, 0.5) is 0 Å². The van der Waals surface area contributed by atoms with E-state index < -0.39 is 0 Å². The van der Waals surface area contributed by atoms with Gasteiger partial charge in [-0.05, 0) is 37.9 Å². The maximum Gasteiger partial charge on any atom is 0.191 e. The molecule has 6 nitrogen and oxygen atoms in total. The summed E-state index contributed by atoms with van der Waals surface area (Å²) in [7, 11) is 1.83. The topological polar surface area (TPSA) is 57.5 Å². The van der Waals surface area contributed by atoms with Crippen molar-refractivity contribution in [2.75, 3.05) is 26.7 Å². The van der Waals surface area contributed by atoms with Crippen LogP contribution in [-0.2, 0) is 6.54 Å². The molecule has 0 atom stereocenters. The molecule has 1 aliphatic rings. The Labute approximate surface area is 156 Å². The second-order valence-electron chi connectivity index (χ2n) is 6.81. The van der Waals surface area contributed by atoms with E-state index in [1.54, 1.807) is 0 Å². The molecule has 26 heavy (non-hydrogen) atoms. The molecule has 0 amide bonds. The van der Waals surface area contributed by atoms with Crippen LogP contribution in [0.2, 0.25) is 0 Å². The standard InChI is InChI=1S/C20H30N6/c1-3-11-25-12-9-18(10-13-25)24-20(21-2)22-14-17-15-23-26(16-17)19-7-5-4-6-8-19/h4-8,15-16,18H,3,9-14H2,1-2H3,(H2,21,22,24). The van der Waals surface area contributed by atoms with Crippen molar-refractivity contribution in [3.05, 3.63) is 48.3 Å². The minimum atomic E-state index is 0.501. The fourth-order valence-electron chi connectivity index (χ4n) is 3.36. The van der Waals surface area contributed by atoms with Crippen LogP contribution in [0.15, 0.2) is 47.7 Å². The summed E-state index contributed by atoms with van der Waals surface area (Å²) >= 11 is 0. The lowest BCUT2D eigenvalue weighted by Gasteiger charge is -2.32. The van der Waals surface area contributed by atoms with E-state index in [-0.39, 0.29) is 0 Å². The average Bonchev–Trinajstić information content (AvgIpc) is 3.16. The maximum absolute atomic E-state index is 4.44. The maximum atomic E-state index is 4.44. The second kappa shape index (κ2) is 9.38. The van der Waals surface area contributed by atoms with Gasteiger partial charge in [0, 0.05) is 44.5 Å². The fourth-order valence-corrected chi connectivity index (χ4v) is 3.36. The van der Waals surface area contributed by atoms with Crippen LogP contribution in [0.25, 0.3) is 5.69 Å². The molecule has 2 heterocycles. The predicted octanol–water partition coefficient (Wildman–Crippen LogP) is 2.41. The molecule has 0 spiro atoms. The zero-order chi connectivity index (χ0) is 18.2. The molecule has 3 rings (SSSR count). The number of rotatable bonds is 6. The number of likely N-dealkylation sites (tertiary alicyclic amines) is 1. The highest BCUT2D eigenvalue weighted by Crippen LogP contribution is 2.11. The van der Waals surface area contributed by atoms with Crippen LogP contribution in [0.5, 0.6) is 0 Å². The summed E-state index contributed by atoms with van der Waals surface area (Å²) in [4.78, 5) is 6.92. The monoisotopic (exact) mass is 354 g/mol. The number of nitrogens with one attached hydrogen (secondary N) is 2. The van der Waals surface area contributed by atoms with Crippen molar-refractivity contribution in [1.82, 2.24) is 25.3 Å². The molecule has 1 aromatic carbocycles. The number of aliphatic imine (C=N–C) groups is 1. The Balaban J connectivity index is 1.47. The van der Waals surface area contributed by atoms with Crippen molar-refractivity contribution in [3.63, 3.8) is 0 Å². The van der Waals surface area contributed by atoms with E-state index in [0.717, 1.165) is 17.2 Å². The highest BCUT2D eigenvalue weighted by atomic mass is 15.3. The van der Waals surface area contributed by atoms with Crippen molar-refractivity contribution in [1.29, 1.82) is 0 Å². The first-order valence-corrected chi connectivity index (χ1v) is 9.57. The Morgan fingerprint density at radius 1 is 1.23 bits per heavy atom. The molecule has 2 N–H and O–H groups in total. The van der Waals surface area contributed by atoms with Crippen molar-refractivity contribution < 1.29 is 0 Å². The Morgan fingerprint density at radius 3 is 2.69 bits per heavy atom. The van der Waals surface area contributed by atoms with Gasteiger partial charge in [-0.3, -0.25) is 4.99 Å². The highest BCUT2D eigenvalue weighted by Gasteiger charge is 2.19. The Morgan fingerprint density at radius 2 is 2.00 bits per heavy atom. The van der Waals surface area contributed by atoms with Gasteiger partial charge >= 0.3 is 0 Å². The third kappa shape index (κ3) is 5.08. The Hall–Kier alpha value is -2.34. The van der Waals surface area contributed by atoms with Gasteiger partial charge in [-0.2, -0.15) is 5.10 Å². The normalized spacial score (nSPS) is 16.6. The first-order valence-electron chi connectivity index (χ1n) is 9.57. The van der Waals surface area contributed by atoms with Gasteiger partial charge < -0.3 is 15.5 Å². The van der Waals surface area contributed by atoms with Crippen LogP contribution < -0.4 is 10.6 Å². The first kappa shape index (κ1) is 18.5. The van der Waals surface area contributed by atoms with Crippen molar-refractivity contribution in [3.8, 4) is 5.69 Å². The van der Waals surface area contributed by atoms with Crippen LogP contribution in [0, 0.1) is 0 Å². The van der Waals surface area contributed by atoms with E-state index >= 15 is 0 Å². The second-order valence-corrected chi connectivity index (χ2v) is 6.81. The lowest BCUT2D eigenvalue weighted by molar-refractivity contribution is 0.206. The molecule has 0 bridgehead atoms. The van der Waals surface area contributed by atoms with Crippen LogP contribution in [-0.4, -0.2) is 53.4 Å². The van der Waals surface area contributed by atoms with Crippen LogP contribution in [0.1, 0.15) is 31.7 Å². The van der Waals surface area contributed by atoms with E-state index in [9.17, 15) is 0 Å². The zero-order valence-corrected chi connectivity index (χ0v) is 15.9. The van der Waals surface area contributed by atoms with E-state index in [2.05, 4.69) is 50.9 Å². The van der Waals surface area contributed by atoms with Crippen molar-refractivity contribution in [2.45, 2.75) is 38.8 Å². The minimum absolute atomic E-state index is 0.501.